The number of Topliss-reactive ketones (excluding diaryl/α,β-unsaturated/α-hetero) is 1. The number of ketones is 1. The third-order valence-corrected chi connectivity index (χ3v) is 4.84. The molecular formula is C21H24N2O4. The Balaban J connectivity index is 2.03. The highest BCUT2D eigenvalue weighted by atomic mass is 16.6. The predicted molar refractivity (Wildman–Crippen MR) is 105 cm³/mol. The summed E-state index contributed by atoms with van der Waals surface area (Å²) in [6, 6.07) is 11.4. The summed E-state index contributed by atoms with van der Waals surface area (Å²) < 4.78 is 7.16. The summed E-state index contributed by atoms with van der Waals surface area (Å²) in [5, 5.41) is 14.7. The molecule has 1 heterocycles. The molecule has 27 heavy (non-hydrogen) atoms. The van der Waals surface area contributed by atoms with Gasteiger partial charge in [-0.3, -0.25) is 14.9 Å². The number of rotatable bonds is 6. The quantitative estimate of drug-likeness (QED) is 0.397. The third-order valence-electron chi connectivity index (χ3n) is 4.84. The van der Waals surface area contributed by atoms with Crippen LogP contribution in [0.1, 0.15) is 42.3 Å². The molecule has 0 radical (unpaired) electrons. The first-order chi connectivity index (χ1) is 12.8. The van der Waals surface area contributed by atoms with Gasteiger partial charge in [-0.05, 0) is 49.9 Å². The number of aryl methyl sites for hydroxylation is 1. The van der Waals surface area contributed by atoms with Gasteiger partial charge in [-0.25, -0.2) is 0 Å². The van der Waals surface area contributed by atoms with Gasteiger partial charge in [0, 0.05) is 41.3 Å². The van der Waals surface area contributed by atoms with Gasteiger partial charge < -0.3 is 14.4 Å². The van der Waals surface area contributed by atoms with Crippen LogP contribution in [0.15, 0.2) is 36.4 Å². The smallest absolute Gasteiger partial charge is 0.304 e. The number of carbonyl (C=O) groups is 2. The molecule has 0 spiro atoms. The second-order valence-corrected chi connectivity index (χ2v) is 6.76. The number of aliphatic hydroxyl groups excluding tert-OH is 1. The predicted octanol–water partition coefficient (Wildman–Crippen LogP) is 3.07. The highest BCUT2D eigenvalue weighted by Gasteiger charge is 2.18. The van der Waals surface area contributed by atoms with Crippen molar-refractivity contribution < 1.29 is 19.4 Å². The lowest BCUT2D eigenvalue weighted by molar-refractivity contribution is -0.147. The molecule has 0 aliphatic heterocycles. The van der Waals surface area contributed by atoms with Crippen molar-refractivity contribution in [1.29, 1.82) is 0 Å². The Kier molecular flexibility index (Phi) is 5.30. The van der Waals surface area contributed by atoms with Crippen molar-refractivity contribution >= 4 is 33.6 Å². The van der Waals surface area contributed by atoms with Gasteiger partial charge >= 0.3 is 5.97 Å². The Morgan fingerprint density at radius 1 is 1.15 bits per heavy atom. The minimum absolute atomic E-state index is 0.0608. The van der Waals surface area contributed by atoms with Crippen LogP contribution in [0.4, 0.5) is 0 Å². The normalized spacial score (nSPS) is 13.7. The number of benzene rings is 2. The number of esters is 1. The number of ether oxygens (including phenoxy) is 1. The second-order valence-electron chi connectivity index (χ2n) is 6.76. The number of aliphatic hydroxyl groups is 1. The molecule has 0 aliphatic carbocycles. The van der Waals surface area contributed by atoms with Gasteiger partial charge in [0.2, 0.25) is 0 Å². The zero-order valence-corrected chi connectivity index (χ0v) is 15.9. The average molecular weight is 368 g/mol. The molecule has 2 atom stereocenters. The molecule has 1 unspecified atom stereocenters. The molecule has 1 aromatic heterocycles. The molecule has 0 aliphatic rings. The van der Waals surface area contributed by atoms with Crippen LogP contribution in [0.25, 0.3) is 21.8 Å². The van der Waals surface area contributed by atoms with Crippen molar-refractivity contribution in [2.45, 2.75) is 32.6 Å². The standard InChI is InChI=1S/C21H24N2O4/c1-12(24)14-5-7-18-16(9-14)17-10-15(6-8-19(17)23(18)4)20(26)11-21(22-3)27-13(2)25/h5-10,12,21-22,24H,11H2,1-4H3/t12?,21-/m0/s1. The van der Waals surface area contributed by atoms with E-state index in [0.717, 1.165) is 27.4 Å². The maximum Gasteiger partial charge on any atom is 0.304 e. The average Bonchev–Trinajstić information content (AvgIpc) is 2.92. The van der Waals surface area contributed by atoms with Crippen molar-refractivity contribution in [3.8, 4) is 0 Å². The van der Waals surface area contributed by atoms with E-state index in [4.69, 9.17) is 4.74 Å². The van der Waals surface area contributed by atoms with E-state index in [1.165, 1.54) is 6.92 Å². The van der Waals surface area contributed by atoms with Gasteiger partial charge in [-0.15, -0.1) is 0 Å². The Hall–Kier alpha value is -2.70. The second kappa shape index (κ2) is 7.50. The van der Waals surface area contributed by atoms with Crippen LogP contribution in [0.3, 0.4) is 0 Å². The highest BCUT2D eigenvalue weighted by Crippen LogP contribution is 2.31. The monoisotopic (exact) mass is 368 g/mol. The molecule has 0 saturated heterocycles. The van der Waals surface area contributed by atoms with E-state index in [0.29, 0.717) is 5.56 Å². The summed E-state index contributed by atoms with van der Waals surface area (Å²) in [4.78, 5) is 23.8. The summed E-state index contributed by atoms with van der Waals surface area (Å²) in [6.45, 7) is 3.05. The van der Waals surface area contributed by atoms with Crippen molar-refractivity contribution in [2.24, 2.45) is 7.05 Å². The molecule has 3 rings (SSSR count). The van der Waals surface area contributed by atoms with Crippen LogP contribution in [-0.2, 0) is 16.6 Å². The van der Waals surface area contributed by atoms with Gasteiger partial charge in [-0.2, -0.15) is 0 Å². The zero-order valence-electron chi connectivity index (χ0n) is 15.9. The highest BCUT2D eigenvalue weighted by molar-refractivity contribution is 6.11. The first-order valence-electron chi connectivity index (χ1n) is 8.89. The largest absolute Gasteiger partial charge is 0.446 e. The molecule has 0 bridgehead atoms. The number of aromatic nitrogens is 1. The van der Waals surface area contributed by atoms with Crippen molar-refractivity contribution in [1.82, 2.24) is 9.88 Å². The van der Waals surface area contributed by atoms with Crippen LogP contribution in [0, 0.1) is 0 Å². The fraction of sp³-hybridized carbons (Fsp3) is 0.333. The fourth-order valence-electron chi connectivity index (χ4n) is 3.36. The van der Waals surface area contributed by atoms with Crippen molar-refractivity contribution in [3.05, 3.63) is 47.5 Å². The number of hydrogen-bond donors (Lipinski definition) is 2. The molecule has 142 valence electrons. The van der Waals surface area contributed by atoms with Crippen LogP contribution in [-0.4, -0.2) is 34.7 Å². The molecule has 3 aromatic rings. The zero-order chi connectivity index (χ0) is 19.7. The topological polar surface area (TPSA) is 80.6 Å². The van der Waals surface area contributed by atoms with Crippen LogP contribution < -0.4 is 5.32 Å². The summed E-state index contributed by atoms with van der Waals surface area (Å²) in [5.41, 5.74) is 3.43. The molecule has 2 aromatic carbocycles. The van der Waals surface area contributed by atoms with Gasteiger partial charge in [0.05, 0.1) is 12.5 Å². The van der Waals surface area contributed by atoms with Crippen LogP contribution >= 0.6 is 0 Å². The number of carbonyl (C=O) groups excluding carboxylic acids is 2. The van der Waals surface area contributed by atoms with Gasteiger partial charge in [0.15, 0.2) is 12.0 Å². The molecule has 0 amide bonds. The van der Waals surface area contributed by atoms with Gasteiger partial charge in [-0.1, -0.05) is 6.07 Å². The van der Waals surface area contributed by atoms with E-state index < -0.39 is 18.3 Å². The molecule has 0 fully saturated rings. The maximum atomic E-state index is 12.7. The van der Waals surface area contributed by atoms with E-state index in [9.17, 15) is 14.7 Å². The van der Waals surface area contributed by atoms with Crippen LogP contribution in [0.5, 0.6) is 0 Å². The molecule has 6 heteroatoms. The fourth-order valence-corrected chi connectivity index (χ4v) is 3.36. The van der Waals surface area contributed by atoms with E-state index in [1.807, 2.05) is 37.4 Å². The first-order valence-corrected chi connectivity index (χ1v) is 8.89. The molecule has 0 saturated carbocycles. The summed E-state index contributed by atoms with van der Waals surface area (Å²) >= 11 is 0. The summed E-state index contributed by atoms with van der Waals surface area (Å²) in [7, 11) is 3.62. The SMILES string of the molecule is CN[C@H](CC(=O)c1ccc2c(c1)c1cc(C(C)O)ccc1n2C)OC(C)=O. The summed E-state index contributed by atoms with van der Waals surface area (Å²) in [5.74, 6) is -0.543. The van der Waals surface area contributed by atoms with Gasteiger partial charge in [0.1, 0.15) is 0 Å². The molecular weight excluding hydrogens is 344 g/mol. The van der Waals surface area contributed by atoms with E-state index in [1.54, 1.807) is 20.0 Å². The molecule has 6 nitrogen and oxygen atoms in total. The Morgan fingerprint density at radius 2 is 1.78 bits per heavy atom. The number of nitrogens with zero attached hydrogens (tertiary/aromatic N) is 1. The number of fused-ring (bicyclic) bond motifs is 3. The Morgan fingerprint density at radius 3 is 2.37 bits per heavy atom. The van der Waals surface area contributed by atoms with Gasteiger partial charge in [0.25, 0.3) is 0 Å². The molecule has 2 N–H and O–H groups in total. The first kappa shape index (κ1) is 19.1. The lowest BCUT2D eigenvalue weighted by Crippen LogP contribution is -2.32. The lowest BCUT2D eigenvalue weighted by atomic mass is 10.0. The van der Waals surface area contributed by atoms with Crippen molar-refractivity contribution in [3.63, 3.8) is 0 Å². The van der Waals surface area contributed by atoms with E-state index in [2.05, 4.69) is 9.88 Å². The lowest BCUT2D eigenvalue weighted by Gasteiger charge is -2.15. The van der Waals surface area contributed by atoms with Crippen molar-refractivity contribution in [2.75, 3.05) is 7.05 Å². The van der Waals surface area contributed by atoms with E-state index in [-0.39, 0.29) is 12.2 Å². The van der Waals surface area contributed by atoms with E-state index >= 15 is 0 Å². The Labute approximate surface area is 157 Å². The minimum atomic E-state index is -0.653. The third kappa shape index (κ3) is 3.72. The Bertz CT molecular complexity index is 1020. The van der Waals surface area contributed by atoms with Crippen LogP contribution in [0.2, 0.25) is 0 Å². The minimum Gasteiger partial charge on any atom is -0.446 e. The summed E-state index contributed by atoms with van der Waals surface area (Å²) in [6.07, 6.45) is -1.15. The number of hydrogen-bond acceptors (Lipinski definition) is 5. The number of nitrogens with one attached hydrogen (secondary N) is 1. The maximum absolute atomic E-state index is 12.7.